The first-order chi connectivity index (χ1) is 10.8. The maximum atomic E-state index is 12.0. The van der Waals surface area contributed by atoms with Crippen LogP contribution in [-0.4, -0.2) is 36.8 Å². The summed E-state index contributed by atoms with van der Waals surface area (Å²) in [6.45, 7) is 2.04. The molecule has 122 valence electrons. The number of hydrogen-bond acceptors (Lipinski definition) is 5. The average molecular weight is 399 g/mol. The minimum absolute atomic E-state index is 0.289. The van der Waals surface area contributed by atoms with E-state index in [1.807, 2.05) is 4.57 Å². The summed E-state index contributed by atoms with van der Waals surface area (Å²) in [6, 6.07) is 5.00. The average Bonchev–Trinajstić information content (AvgIpc) is 2.83. The Kier molecular flexibility index (Phi) is 4.05. The summed E-state index contributed by atoms with van der Waals surface area (Å²) in [5.41, 5.74) is 2.81. The van der Waals surface area contributed by atoms with E-state index in [1.54, 1.807) is 25.1 Å². The monoisotopic (exact) mass is 398 g/mol. The standard InChI is InChI=1S/C15H15BrN2O4S/c1-3-22-14(19)13-12-6-4-9-8-10(23(2,20)21)5-7-11(9)18(12)15(16)17-13/h5,7-8H,3-4,6H2,1-2H3. The number of carbonyl (C=O) groups is 1. The van der Waals surface area contributed by atoms with Gasteiger partial charge >= 0.3 is 5.97 Å². The Morgan fingerprint density at radius 3 is 2.78 bits per heavy atom. The number of aromatic nitrogens is 2. The Labute approximate surface area is 142 Å². The highest BCUT2D eigenvalue weighted by Crippen LogP contribution is 2.32. The lowest BCUT2D eigenvalue weighted by Crippen LogP contribution is -2.16. The molecule has 2 aromatic rings. The Morgan fingerprint density at radius 1 is 1.39 bits per heavy atom. The molecular weight excluding hydrogens is 384 g/mol. The molecule has 0 N–H and O–H groups in total. The molecule has 6 nitrogen and oxygen atoms in total. The zero-order valence-electron chi connectivity index (χ0n) is 12.7. The third kappa shape index (κ3) is 2.81. The number of sulfone groups is 1. The molecule has 0 radical (unpaired) electrons. The molecule has 0 unspecified atom stereocenters. The van der Waals surface area contributed by atoms with E-state index in [-0.39, 0.29) is 6.61 Å². The van der Waals surface area contributed by atoms with Crippen molar-refractivity contribution in [3.05, 3.63) is 39.9 Å². The lowest BCUT2D eigenvalue weighted by Gasteiger charge is -2.20. The Balaban J connectivity index is 2.14. The second-order valence-electron chi connectivity index (χ2n) is 5.29. The fourth-order valence-corrected chi connectivity index (χ4v) is 3.98. The first-order valence-electron chi connectivity index (χ1n) is 7.10. The lowest BCUT2D eigenvalue weighted by molar-refractivity contribution is 0.0518. The molecule has 0 spiro atoms. The van der Waals surface area contributed by atoms with Gasteiger partial charge in [-0.2, -0.15) is 0 Å². The number of esters is 1. The number of imidazole rings is 1. The van der Waals surface area contributed by atoms with Crippen LogP contribution in [0.2, 0.25) is 0 Å². The van der Waals surface area contributed by atoms with Gasteiger partial charge in [0.05, 0.1) is 22.9 Å². The molecule has 2 heterocycles. The van der Waals surface area contributed by atoms with Crippen molar-refractivity contribution in [2.45, 2.75) is 24.7 Å². The summed E-state index contributed by atoms with van der Waals surface area (Å²) < 4.78 is 30.8. The Bertz CT molecular complexity index is 902. The van der Waals surface area contributed by atoms with E-state index in [4.69, 9.17) is 4.74 Å². The molecule has 0 aliphatic carbocycles. The van der Waals surface area contributed by atoms with Gasteiger partial charge in [-0.1, -0.05) is 0 Å². The van der Waals surface area contributed by atoms with Crippen LogP contribution in [0.4, 0.5) is 0 Å². The van der Waals surface area contributed by atoms with Crippen LogP contribution >= 0.6 is 15.9 Å². The second kappa shape index (κ2) is 5.76. The van der Waals surface area contributed by atoms with Crippen molar-refractivity contribution in [1.82, 2.24) is 9.55 Å². The van der Waals surface area contributed by atoms with Crippen LogP contribution in [0.15, 0.2) is 27.8 Å². The first-order valence-corrected chi connectivity index (χ1v) is 9.79. The molecule has 0 saturated carbocycles. The van der Waals surface area contributed by atoms with Crippen molar-refractivity contribution in [3.63, 3.8) is 0 Å². The molecule has 8 heteroatoms. The Morgan fingerprint density at radius 2 is 2.13 bits per heavy atom. The number of hydrogen-bond donors (Lipinski definition) is 0. The number of halogens is 1. The summed E-state index contributed by atoms with van der Waals surface area (Å²) in [5, 5.41) is 0. The zero-order valence-corrected chi connectivity index (χ0v) is 15.1. The fraction of sp³-hybridized carbons (Fsp3) is 0.333. The quantitative estimate of drug-likeness (QED) is 0.741. The van der Waals surface area contributed by atoms with Crippen LogP contribution in [0, 0.1) is 0 Å². The number of nitrogens with zero attached hydrogens (tertiary/aromatic N) is 2. The predicted molar refractivity (Wildman–Crippen MR) is 87.7 cm³/mol. The SMILES string of the molecule is CCOC(=O)c1nc(Br)n2c1CCc1cc(S(C)(=O)=O)ccc1-2. The first kappa shape index (κ1) is 16.2. The van der Waals surface area contributed by atoms with E-state index in [0.717, 1.165) is 16.9 Å². The van der Waals surface area contributed by atoms with E-state index in [1.165, 1.54) is 6.26 Å². The molecule has 0 bridgehead atoms. The zero-order chi connectivity index (χ0) is 16.8. The lowest BCUT2D eigenvalue weighted by atomic mass is 10.0. The van der Waals surface area contributed by atoms with Gasteiger partial charge in [0.2, 0.25) is 0 Å². The van der Waals surface area contributed by atoms with Gasteiger partial charge in [0, 0.05) is 6.26 Å². The predicted octanol–water partition coefficient (Wildman–Crippen LogP) is 2.31. The molecule has 1 aliphatic heterocycles. The maximum absolute atomic E-state index is 12.0. The van der Waals surface area contributed by atoms with Gasteiger partial charge in [0.15, 0.2) is 20.3 Å². The number of rotatable bonds is 3. The van der Waals surface area contributed by atoms with Crippen LogP contribution in [0.1, 0.15) is 28.7 Å². The summed E-state index contributed by atoms with van der Waals surface area (Å²) in [6.07, 6.45) is 2.42. The van der Waals surface area contributed by atoms with Crippen molar-refractivity contribution in [3.8, 4) is 5.69 Å². The van der Waals surface area contributed by atoms with Crippen LogP contribution in [0.25, 0.3) is 5.69 Å². The van der Waals surface area contributed by atoms with Gasteiger partial charge in [0.25, 0.3) is 0 Å². The molecule has 3 rings (SSSR count). The topological polar surface area (TPSA) is 78.3 Å². The van der Waals surface area contributed by atoms with Crippen LogP contribution < -0.4 is 0 Å². The van der Waals surface area contributed by atoms with Gasteiger partial charge in [-0.15, -0.1) is 0 Å². The van der Waals surface area contributed by atoms with E-state index in [0.29, 0.717) is 28.2 Å². The molecular formula is C15H15BrN2O4S. The number of aryl methyl sites for hydroxylation is 1. The third-order valence-corrected chi connectivity index (χ3v) is 5.39. The van der Waals surface area contributed by atoms with Gasteiger partial charge in [0.1, 0.15) is 0 Å². The molecule has 0 fully saturated rings. The number of benzene rings is 1. The van der Waals surface area contributed by atoms with E-state index >= 15 is 0 Å². The normalized spacial score (nSPS) is 13.3. The summed E-state index contributed by atoms with van der Waals surface area (Å²) in [5.74, 6) is -0.446. The molecule has 0 atom stereocenters. The molecule has 1 aliphatic rings. The minimum Gasteiger partial charge on any atom is -0.461 e. The summed E-state index contributed by atoms with van der Waals surface area (Å²) in [7, 11) is -3.25. The highest BCUT2D eigenvalue weighted by Gasteiger charge is 2.28. The van der Waals surface area contributed by atoms with E-state index in [2.05, 4.69) is 20.9 Å². The van der Waals surface area contributed by atoms with Crippen LogP contribution in [0.5, 0.6) is 0 Å². The van der Waals surface area contributed by atoms with Crippen molar-refractivity contribution < 1.29 is 17.9 Å². The van der Waals surface area contributed by atoms with Gasteiger partial charge in [-0.3, -0.25) is 4.57 Å². The summed E-state index contributed by atoms with van der Waals surface area (Å²) in [4.78, 5) is 16.6. The molecule has 0 saturated heterocycles. The minimum atomic E-state index is -3.25. The Hall–Kier alpha value is -1.67. The van der Waals surface area contributed by atoms with Crippen molar-refractivity contribution in [2.24, 2.45) is 0 Å². The van der Waals surface area contributed by atoms with Crippen molar-refractivity contribution >= 4 is 31.7 Å². The third-order valence-electron chi connectivity index (χ3n) is 3.75. The van der Waals surface area contributed by atoms with E-state index in [9.17, 15) is 13.2 Å². The highest BCUT2D eigenvalue weighted by molar-refractivity contribution is 9.10. The largest absolute Gasteiger partial charge is 0.461 e. The van der Waals surface area contributed by atoms with Gasteiger partial charge in [-0.25, -0.2) is 18.2 Å². The van der Waals surface area contributed by atoms with E-state index < -0.39 is 15.8 Å². The van der Waals surface area contributed by atoms with Gasteiger partial charge < -0.3 is 4.74 Å². The van der Waals surface area contributed by atoms with Crippen molar-refractivity contribution in [1.29, 1.82) is 0 Å². The fourth-order valence-electron chi connectivity index (χ4n) is 2.73. The van der Waals surface area contributed by atoms with Crippen LogP contribution in [0.3, 0.4) is 0 Å². The number of fused-ring (bicyclic) bond motifs is 3. The van der Waals surface area contributed by atoms with Gasteiger partial charge in [-0.05, 0) is 59.5 Å². The second-order valence-corrected chi connectivity index (χ2v) is 8.02. The number of carbonyl (C=O) groups excluding carboxylic acids is 1. The molecule has 1 aromatic carbocycles. The molecule has 0 amide bonds. The molecule has 23 heavy (non-hydrogen) atoms. The smallest absolute Gasteiger partial charge is 0.358 e. The highest BCUT2D eigenvalue weighted by atomic mass is 79.9. The summed E-state index contributed by atoms with van der Waals surface area (Å²) >= 11 is 3.38. The molecule has 1 aromatic heterocycles. The van der Waals surface area contributed by atoms with Crippen molar-refractivity contribution in [2.75, 3.05) is 12.9 Å². The maximum Gasteiger partial charge on any atom is 0.358 e. The number of ether oxygens (including phenoxy) is 1. The van der Waals surface area contributed by atoms with Crippen LogP contribution in [-0.2, 0) is 27.4 Å².